The zero-order valence-electron chi connectivity index (χ0n) is 19.1. The SMILES string of the molecule is CCOc1cc(/C=C(/C#N)C(=O)NC2CCCC2)cc(I)c1OCc1ccc2ccccc2c1. The topological polar surface area (TPSA) is 71.3 Å². The molecule has 0 atom stereocenters. The van der Waals surface area contributed by atoms with Crippen LogP contribution in [-0.4, -0.2) is 18.6 Å². The fraction of sp³-hybridized carbons (Fsp3) is 0.286. The molecule has 6 heteroatoms. The molecule has 0 unspecified atom stereocenters. The number of benzene rings is 3. The van der Waals surface area contributed by atoms with Gasteiger partial charge in [0.1, 0.15) is 18.2 Å². The van der Waals surface area contributed by atoms with Gasteiger partial charge in [-0.25, -0.2) is 0 Å². The van der Waals surface area contributed by atoms with Crippen LogP contribution in [0, 0.1) is 14.9 Å². The summed E-state index contributed by atoms with van der Waals surface area (Å²) in [5.74, 6) is 0.926. The van der Waals surface area contributed by atoms with Crippen molar-refractivity contribution in [3.63, 3.8) is 0 Å². The Morgan fingerprint density at radius 3 is 2.62 bits per heavy atom. The van der Waals surface area contributed by atoms with Gasteiger partial charge in [0.05, 0.1) is 10.2 Å². The van der Waals surface area contributed by atoms with Gasteiger partial charge < -0.3 is 14.8 Å². The Balaban J connectivity index is 1.54. The van der Waals surface area contributed by atoms with Crippen LogP contribution in [-0.2, 0) is 11.4 Å². The summed E-state index contributed by atoms with van der Waals surface area (Å²) in [5.41, 5.74) is 1.88. The van der Waals surface area contributed by atoms with Crippen molar-refractivity contribution in [3.05, 3.63) is 74.9 Å². The molecule has 34 heavy (non-hydrogen) atoms. The fourth-order valence-electron chi connectivity index (χ4n) is 4.21. The van der Waals surface area contributed by atoms with Crippen LogP contribution in [0.15, 0.2) is 60.2 Å². The number of nitrogens with zero attached hydrogens (tertiary/aromatic N) is 1. The normalized spacial score (nSPS) is 14.1. The zero-order chi connectivity index (χ0) is 23.9. The van der Waals surface area contributed by atoms with Crippen molar-refractivity contribution in [2.24, 2.45) is 0 Å². The largest absolute Gasteiger partial charge is 0.490 e. The van der Waals surface area contributed by atoms with Crippen LogP contribution in [0.4, 0.5) is 0 Å². The van der Waals surface area contributed by atoms with E-state index in [2.05, 4.69) is 58.2 Å². The zero-order valence-corrected chi connectivity index (χ0v) is 21.3. The third kappa shape index (κ3) is 5.89. The number of rotatable bonds is 8. The van der Waals surface area contributed by atoms with Gasteiger partial charge in [0.25, 0.3) is 5.91 Å². The fourth-order valence-corrected chi connectivity index (χ4v) is 4.99. The predicted octanol–water partition coefficient (Wildman–Crippen LogP) is 6.39. The molecule has 1 aliphatic rings. The van der Waals surface area contributed by atoms with Crippen molar-refractivity contribution in [2.75, 3.05) is 6.61 Å². The van der Waals surface area contributed by atoms with Crippen LogP contribution in [0.1, 0.15) is 43.7 Å². The van der Waals surface area contributed by atoms with Crippen molar-refractivity contribution in [2.45, 2.75) is 45.3 Å². The van der Waals surface area contributed by atoms with Gasteiger partial charge in [0.2, 0.25) is 0 Å². The van der Waals surface area contributed by atoms with Crippen molar-refractivity contribution in [1.29, 1.82) is 5.26 Å². The Kier molecular flexibility index (Phi) is 8.07. The second kappa shape index (κ2) is 11.4. The molecule has 1 N–H and O–H groups in total. The van der Waals surface area contributed by atoms with Gasteiger partial charge >= 0.3 is 0 Å². The smallest absolute Gasteiger partial charge is 0.262 e. The van der Waals surface area contributed by atoms with Gasteiger partial charge in [-0.3, -0.25) is 4.79 Å². The van der Waals surface area contributed by atoms with E-state index in [1.807, 2.05) is 37.3 Å². The van der Waals surface area contributed by atoms with E-state index in [1.54, 1.807) is 6.08 Å². The maximum atomic E-state index is 12.6. The molecule has 0 aliphatic heterocycles. The highest BCUT2D eigenvalue weighted by atomic mass is 127. The van der Waals surface area contributed by atoms with Crippen molar-refractivity contribution in [1.82, 2.24) is 5.32 Å². The van der Waals surface area contributed by atoms with Gasteiger partial charge in [0.15, 0.2) is 11.5 Å². The number of hydrogen-bond donors (Lipinski definition) is 1. The lowest BCUT2D eigenvalue weighted by molar-refractivity contribution is -0.117. The number of ether oxygens (including phenoxy) is 2. The van der Waals surface area contributed by atoms with E-state index in [0.29, 0.717) is 24.7 Å². The van der Waals surface area contributed by atoms with Crippen LogP contribution in [0.25, 0.3) is 16.8 Å². The van der Waals surface area contributed by atoms with Crippen LogP contribution in [0.2, 0.25) is 0 Å². The molecule has 0 aromatic heterocycles. The monoisotopic (exact) mass is 566 g/mol. The van der Waals surface area contributed by atoms with E-state index in [1.165, 1.54) is 10.8 Å². The molecule has 3 aromatic rings. The number of nitriles is 1. The molecule has 1 amide bonds. The van der Waals surface area contributed by atoms with E-state index >= 15 is 0 Å². The Morgan fingerprint density at radius 1 is 1.12 bits per heavy atom. The molecular formula is C28H27IN2O3. The van der Waals surface area contributed by atoms with E-state index < -0.39 is 0 Å². The Hall–Kier alpha value is -3.05. The predicted molar refractivity (Wildman–Crippen MR) is 143 cm³/mol. The van der Waals surface area contributed by atoms with Gasteiger partial charge in [-0.2, -0.15) is 5.26 Å². The number of nitrogens with one attached hydrogen (secondary N) is 1. The van der Waals surface area contributed by atoms with Crippen LogP contribution in [0.5, 0.6) is 11.5 Å². The second-order valence-corrected chi connectivity index (χ2v) is 9.52. The quantitative estimate of drug-likeness (QED) is 0.195. The summed E-state index contributed by atoms with van der Waals surface area (Å²) < 4.78 is 12.9. The number of hydrogen-bond acceptors (Lipinski definition) is 4. The van der Waals surface area contributed by atoms with Gasteiger partial charge in [-0.1, -0.05) is 49.2 Å². The van der Waals surface area contributed by atoms with Crippen molar-refractivity contribution < 1.29 is 14.3 Å². The minimum atomic E-state index is -0.320. The van der Waals surface area contributed by atoms with E-state index in [9.17, 15) is 10.1 Å². The first kappa shape index (κ1) is 24.1. The highest BCUT2D eigenvalue weighted by Crippen LogP contribution is 2.35. The first-order valence-electron chi connectivity index (χ1n) is 11.6. The van der Waals surface area contributed by atoms with Crippen molar-refractivity contribution in [3.8, 4) is 17.6 Å². The van der Waals surface area contributed by atoms with Crippen LogP contribution in [0.3, 0.4) is 0 Å². The number of halogens is 1. The summed E-state index contributed by atoms with van der Waals surface area (Å²) >= 11 is 2.21. The standard InChI is InChI=1S/C28H27IN2O3/c1-2-33-26-16-20(14-23(17-30)28(32)31-24-9-5-6-10-24)15-25(29)27(26)34-18-19-11-12-21-7-3-4-8-22(21)13-19/h3-4,7-8,11-16,24H,2,5-6,9-10,18H2,1H3,(H,31,32)/b23-14-. The maximum Gasteiger partial charge on any atom is 0.262 e. The molecule has 1 fully saturated rings. The Morgan fingerprint density at radius 2 is 1.88 bits per heavy atom. The number of carbonyl (C=O) groups is 1. The summed E-state index contributed by atoms with van der Waals surface area (Å²) in [7, 11) is 0. The number of fused-ring (bicyclic) bond motifs is 1. The molecule has 0 saturated heterocycles. The van der Waals surface area contributed by atoms with Crippen LogP contribution >= 0.6 is 22.6 Å². The Labute approximate surface area is 213 Å². The maximum absolute atomic E-state index is 12.6. The molecule has 0 spiro atoms. The summed E-state index contributed by atoms with van der Waals surface area (Å²) in [4.78, 5) is 12.6. The summed E-state index contributed by atoms with van der Waals surface area (Å²) in [5, 5.41) is 14.9. The lowest BCUT2D eigenvalue weighted by atomic mass is 10.1. The van der Waals surface area contributed by atoms with E-state index in [0.717, 1.165) is 40.4 Å². The average molecular weight is 566 g/mol. The second-order valence-electron chi connectivity index (χ2n) is 8.36. The number of carbonyl (C=O) groups excluding carboxylic acids is 1. The minimum Gasteiger partial charge on any atom is -0.490 e. The highest BCUT2D eigenvalue weighted by molar-refractivity contribution is 14.1. The highest BCUT2D eigenvalue weighted by Gasteiger charge is 2.20. The van der Waals surface area contributed by atoms with Crippen LogP contribution < -0.4 is 14.8 Å². The summed E-state index contributed by atoms with van der Waals surface area (Å²) in [6, 6.07) is 20.4. The van der Waals surface area contributed by atoms with Gasteiger partial charge in [0, 0.05) is 6.04 Å². The van der Waals surface area contributed by atoms with E-state index in [-0.39, 0.29) is 17.5 Å². The molecular weight excluding hydrogens is 539 g/mol. The lowest BCUT2D eigenvalue weighted by Crippen LogP contribution is -2.33. The first-order valence-corrected chi connectivity index (χ1v) is 12.6. The van der Waals surface area contributed by atoms with Crippen molar-refractivity contribution >= 4 is 45.3 Å². The summed E-state index contributed by atoms with van der Waals surface area (Å²) in [6.45, 7) is 2.80. The molecule has 3 aromatic carbocycles. The average Bonchev–Trinajstić information content (AvgIpc) is 3.35. The van der Waals surface area contributed by atoms with Gasteiger partial charge in [-0.05, 0) is 88.5 Å². The van der Waals surface area contributed by atoms with Gasteiger partial charge in [-0.15, -0.1) is 0 Å². The lowest BCUT2D eigenvalue weighted by Gasteiger charge is -2.15. The third-order valence-corrected chi connectivity index (χ3v) is 6.70. The molecule has 0 radical (unpaired) electrons. The molecule has 174 valence electrons. The molecule has 1 aliphatic carbocycles. The Bertz CT molecular complexity index is 1260. The molecule has 5 nitrogen and oxygen atoms in total. The number of amides is 1. The summed E-state index contributed by atoms with van der Waals surface area (Å²) in [6.07, 6.45) is 5.79. The third-order valence-electron chi connectivity index (χ3n) is 5.90. The molecule has 1 saturated carbocycles. The molecule has 0 bridgehead atoms. The molecule has 0 heterocycles. The first-order chi connectivity index (χ1) is 16.6. The minimum absolute atomic E-state index is 0.0926. The molecule has 4 rings (SSSR count). The van der Waals surface area contributed by atoms with E-state index in [4.69, 9.17) is 9.47 Å².